The first-order valence-corrected chi connectivity index (χ1v) is 11.3. The summed E-state index contributed by atoms with van der Waals surface area (Å²) in [4.78, 5) is 43.3. The fraction of sp³-hybridized carbons (Fsp3) is 0.818. The summed E-state index contributed by atoms with van der Waals surface area (Å²) in [6.07, 6.45) is 4.89. The lowest BCUT2D eigenvalue weighted by Gasteiger charge is -2.19. The van der Waals surface area contributed by atoms with E-state index in [-0.39, 0.29) is 41.0 Å². The van der Waals surface area contributed by atoms with Crippen molar-refractivity contribution >= 4 is 39.4 Å². The second-order valence-corrected chi connectivity index (χ2v) is 9.99. The molecule has 2 fully saturated rings. The molecule has 0 aromatic heterocycles. The van der Waals surface area contributed by atoms with Crippen molar-refractivity contribution in [2.24, 2.45) is 11.8 Å². The average Bonchev–Trinajstić information content (AvgIpc) is 3.42. The Morgan fingerprint density at radius 2 is 1.17 bits per heavy atom. The van der Waals surface area contributed by atoms with Crippen LogP contribution in [-0.4, -0.2) is 40.0 Å². The van der Waals surface area contributed by atoms with Crippen molar-refractivity contribution in [2.75, 3.05) is 5.33 Å². The Labute approximate surface area is 183 Å². The zero-order valence-electron chi connectivity index (χ0n) is 18.9. The third-order valence-corrected chi connectivity index (χ3v) is 4.17. The summed E-state index contributed by atoms with van der Waals surface area (Å²) < 4.78 is 10.00. The maximum Gasteiger partial charge on any atom is 0.317 e. The maximum atomic E-state index is 11.3. The summed E-state index contributed by atoms with van der Waals surface area (Å²) in [7, 11) is 0. The Morgan fingerprint density at radius 3 is 1.41 bits per heavy atom. The molecule has 2 saturated carbocycles. The molecule has 0 saturated heterocycles. The largest absolute Gasteiger partial charge is 0.460 e. The van der Waals surface area contributed by atoms with Gasteiger partial charge in [0.2, 0.25) is 0 Å². The van der Waals surface area contributed by atoms with Gasteiger partial charge in [0.25, 0.3) is 0 Å². The summed E-state index contributed by atoms with van der Waals surface area (Å²) in [5, 5.41) is 0.268. The van der Waals surface area contributed by atoms with Crippen molar-refractivity contribution in [1.29, 1.82) is 0 Å². The predicted molar refractivity (Wildman–Crippen MR) is 116 cm³/mol. The zero-order chi connectivity index (χ0) is 22.8. The number of ketones is 2. The molecule has 6 nitrogen and oxygen atoms in total. The van der Waals surface area contributed by atoms with E-state index in [0.29, 0.717) is 18.1 Å². The number of alkyl halides is 1. The highest BCUT2D eigenvalue weighted by Crippen LogP contribution is 2.31. The number of Topliss-reactive ketones (excluding diaryl/α,β-unsaturated/α-hetero) is 2. The van der Waals surface area contributed by atoms with E-state index in [1.807, 2.05) is 41.5 Å². The van der Waals surface area contributed by atoms with Gasteiger partial charge in [0, 0.05) is 18.3 Å². The van der Waals surface area contributed by atoms with E-state index in [2.05, 4.69) is 15.9 Å². The molecule has 0 aliphatic heterocycles. The molecule has 0 spiro atoms. The second-order valence-electron chi connectivity index (χ2n) is 9.43. The van der Waals surface area contributed by atoms with Crippen LogP contribution in [0.3, 0.4) is 0 Å². The van der Waals surface area contributed by atoms with Crippen LogP contribution < -0.4 is 0 Å². The molecule has 168 valence electrons. The summed E-state index contributed by atoms with van der Waals surface area (Å²) >= 11 is 2.99. The molecule has 0 aromatic rings. The van der Waals surface area contributed by atoms with Gasteiger partial charge in [0.1, 0.15) is 28.1 Å². The Kier molecular flexibility index (Phi) is 11.9. The van der Waals surface area contributed by atoms with E-state index in [9.17, 15) is 19.2 Å². The van der Waals surface area contributed by atoms with Gasteiger partial charge in [-0.25, -0.2) is 0 Å². The van der Waals surface area contributed by atoms with Gasteiger partial charge in [-0.2, -0.15) is 0 Å². The fourth-order valence-electron chi connectivity index (χ4n) is 2.09. The van der Waals surface area contributed by atoms with Crippen LogP contribution >= 0.6 is 15.9 Å². The zero-order valence-corrected chi connectivity index (χ0v) is 20.5. The number of rotatable bonds is 6. The third-order valence-electron chi connectivity index (χ3n) is 3.71. The van der Waals surface area contributed by atoms with Crippen LogP contribution in [0.15, 0.2) is 0 Å². The van der Waals surface area contributed by atoms with Crippen molar-refractivity contribution in [3.05, 3.63) is 0 Å². The van der Waals surface area contributed by atoms with E-state index >= 15 is 0 Å². The highest BCUT2D eigenvalue weighted by atomic mass is 79.9. The number of hydrogen-bond donors (Lipinski definition) is 0. The first-order valence-electron chi connectivity index (χ1n) is 10.2. The van der Waals surface area contributed by atoms with Crippen LogP contribution in [0.25, 0.3) is 0 Å². The smallest absolute Gasteiger partial charge is 0.317 e. The second kappa shape index (κ2) is 12.5. The van der Waals surface area contributed by atoms with Crippen LogP contribution in [-0.2, 0) is 28.7 Å². The van der Waals surface area contributed by atoms with Crippen LogP contribution in [0.5, 0.6) is 0 Å². The van der Waals surface area contributed by atoms with Crippen LogP contribution in [0.1, 0.15) is 87.0 Å². The third kappa shape index (κ3) is 18.5. The van der Waals surface area contributed by atoms with Gasteiger partial charge in [-0.3, -0.25) is 19.2 Å². The minimum atomic E-state index is -0.445. The highest BCUT2D eigenvalue weighted by Gasteiger charge is 2.29. The van der Waals surface area contributed by atoms with E-state index in [1.165, 1.54) is 0 Å². The standard InChI is InChI=1S/C11H18O3.C6H11BrO2.C5H8O/c1-11(2,3)14-10(13)7-6-9(12)8-4-5-8;1-6(2,3)9-5(8)4-7;1-4(6)5-2-3-5/h8H,4-7H2,1-3H3;4H2,1-3H3;5H,2-3H2,1H3. The van der Waals surface area contributed by atoms with Crippen LogP contribution in [0.2, 0.25) is 0 Å². The lowest BCUT2D eigenvalue weighted by Crippen LogP contribution is -2.24. The Hall–Kier alpha value is -1.24. The van der Waals surface area contributed by atoms with Gasteiger partial charge in [0.05, 0.1) is 6.42 Å². The normalized spacial score (nSPS) is 15.7. The number of carbonyl (C=O) groups excluding carboxylic acids is 4. The predicted octanol–water partition coefficient (Wildman–Crippen LogP) is 4.80. The molecule has 2 aliphatic rings. The van der Waals surface area contributed by atoms with Crippen LogP contribution in [0.4, 0.5) is 0 Å². The topological polar surface area (TPSA) is 86.7 Å². The molecule has 29 heavy (non-hydrogen) atoms. The molecule has 2 aliphatic carbocycles. The van der Waals surface area contributed by atoms with Crippen molar-refractivity contribution in [3.8, 4) is 0 Å². The summed E-state index contributed by atoms with van der Waals surface area (Å²) in [6.45, 7) is 12.7. The minimum Gasteiger partial charge on any atom is -0.460 e. The van der Waals surface area contributed by atoms with Crippen molar-refractivity contribution in [2.45, 2.75) is 98.2 Å². The number of carbonyl (C=O) groups is 4. The number of esters is 2. The molecule has 0 atom stereocenters. The van der Waals surface area contributed by atoms with E-state index < -0.39 is 5.60 Å². The number of ether oxygens (including phenoxy) is 2. The SMILES string of the molecule is CC(=O)C1CC1.CC(C)(C)OC(=O)CBr.CC(C)(C)OC(=O)CCC(=O)C1CC1. The van der Waals surface area contributed by atoms with Crippen molar-refractivity contribution in [1.82, 2.24) is 0 Å². The van der Waals surface area contributed by atoms with Gasteiger partial charge in [-0.1, -0.05) is 15.9 Å². The van der Waals surface area contributed by atoms with E-state index in [1.54, 1.807) is 6.92 Å². The average molecular weight is 477 g/mol. The molecule has 0 radical (unpaired) electrons. The molecule has 2 rings (SSSR count). The molecule has 0 heterocycles. The molecular formula is C22H37BrO6. The molecular weight excluding hydrogens is 440 g/mol. The minimum absolute atomic E-state index is 0.218. The van der Waals surface area contributed by atoms with Crippen LogP contribution in [0, 0.1) is 11.8 Å². The van der Waals surface area contributed by atoms with Gasteiger partial charge < -0.3 is 9.47 Å². The Morgan fingerprint density at radius 1 is 0.759 bits per heavy atom. The van der Waals surface area contributed by atoms with E-state index in [0.717, 1.165) is 25.7 Å². The molecule has 0 N–H and O–H groups in total. The monoisotopic (exact) mass is 476 g/mol. The molecule has 7 heteroatoms. The summed E-state index contributed by atoms with van der Waals surface area (Å²) in [6, 6.07) is 0. The lowest BCUT2D eigenvalue weighted by atomic mass is 10.1. The molecule has 0 aromatic carbocycles. The molecule has 0 unspecified atom stereocenters. The first-order chi connectivity index (χ1) is 13.1. The van der Waals surface area contributed by atoms with E-state index in [4.69, 9.17) is 9.47 Å². The molecule has 0 amide bonds. The van der Waals surface area contributed by atoms with Gasteiger partial charge in [-0.05, 0) is 74.1 Å². The van der Waals surface area contributed by atoms with Crippen molar-refractivity contribution < 1.29 is 28.7 Å². The maximum absolute atomic E-state index is 11.3. The Bertz CT molecular complexity index is 563. The van der Waals surface area contributed by atoms with Crippen molar-refractivity contribution in [3.63, 3.8) is 0 Å². The Balaban J connectivity index is 0.000000446. The van der Waals surface area contributed by atoms with Gasteiger partial charge in [0.15, 0.2) is 0 Å². The van der Waals surface area contributed by atoms with Gasteiger partial charge in [-0.15, -0.1) is 0 Å². The van der Waals surface area contributed by atoms with Gasteiger partial charge >= 0.3 is 11.9 Å². The number of halogens is 1. The first kappa shape index (κ1) is 27.8. The lowest BCUT2D eigenvalue weighted by molar-refractivity contribution is -0.155. The summed E-state index contributed by atoms with van der Waals surface area (Å²) in [5.41, 5.74) is -0.801. The quantitative estimate of drug-likeness (QED) is 0.404. The highest BCUT2D eigenvalue weighted by molar-refractivity contribution is 9.09. The fourth-order valence-corrected chi connectivity index (χ4v) is 2.20. The number of hydrogen-bond acceptors (Lipinski definition) is 6. The molecule has 0 bridgehead atoms. The summed E-state index contributed by atoms with van der Waals surface area (Å²) in [5.74, 6) is 0.808.